The van der Waals surface area contributed by atoms with Gasteiger partial charge in [-0.3, -0.25) is 0 Å². The summed E-state index contributed by atoms with van der Waals surface area (Å²) in [5, 5.41) is 11.9. The molecule has 2 aromatic rings. The van der Waals surface area contributed by atoms with E-state index in [0.29, 0.717) is 18.3 Å². The van der Waals surface area contributed by atoms with Gasteiger partial charge in [-0.05, 0) is 26.0 Å². The molecule has 2 rings (SSSR count). The fourth-order valence-electron chi connectivity index (χ4n) is 1.47. The van der Waals surface area contributed by atoms with Crippen molar-refractivity contribution in [1.29, 1.82) is 0 Å². The van der Waals surface area contributed by atoms with Gasteiger partial charge in [0.25, 0.3) is 0 Å². The largest absolute Gasteiger partial charge is 0.476 e. The molecule has 0 saturated carbocycles. The maximum Gasteiger partial charge on any atom is 0.356 e. The Labute approximate surface area is 114 Å². The maximum absolute atomic E-state index is 10.9. The second-order valence-corrected chi connectivity index (χ2v) is 4.34. The number of hydrogen-bond acceptors (Lipinski definition) is 5. The second-order valence-electron chi connectivity index (χ2n) is 3.93. The van der Waals surface area contributed by atoms with Crippen molar-refractivity contribution in [3.05, 3.63) is 40.2 Å². The Hall–Kier alpha value is -2.08. The van der Waals surface area contributed by atoms with E-state index in [1.54, 1.807) is 6.07 Å². The van der Waals surface area contributed by atoms with E-state index in [0.717, 1.165) is 11.5 Å². The third-order valence-corrected chi connectivity index (χ3v) is 2.85. The van der Waals surface area contributed by atoms with E-state index in [-0.39, 0.29) is 10.7 Å². The number of carboxylic acid groups (broad SMARTS) is 1. The third kappa shape index (κ3) is 3.03. The summed E-state index contributed by atoms with van der Waals surface area (Å²) >= 11 is 5.73. The van der Waals surface area contributed by atoms with E-state index in [2.05, 4.69) is 15.3 Å². The van der Waals surface area contributed by atoms with Crippen molar-refractivity contribution < 1.29 is 14.3 Å². The van der Waals surface area contributed by atoms with Crippen molar-refractivity contribution in [3.63, 3.8) is 0 Å². The zero-order valence-corrected chi connectivity index (χ0v) is 11.2. The van der Waals surface area contributed by atoms with Gasteiger partial charge < -0.3 is 14.8 Å². The summed E-state index contributed by atoms with van der Waals surface area (Å²) in [6.45, 7) is 4.00. The molecule has 19 heavy (non-hydrogen) atoms. The molecule has 0 bridgehead atoms. The summed E-state index contributed by atoms with van der Waals surface area (Å²) in [4.78, 5) is 19.0. The van der Waals surface area contributed by atoms with Crippen LogP contribution in [0, 0.1) is 13.8 Å². The lowest BCUT2D eigenvalue weighted by atomic mass is 10.3. The topological polar surface area (TPSA) is 88.2 Å². The molecule has 100 valence electrons. The van der Waals surface area contributed by atoms with Crippen LogP contribution in [0.4, 0.5) is 5.82 Å². The average molecular weight is 282 g/mol. The lowest BCUT2D eigenvalue weighted by Crippen LogP contribution is -2.06. The molecule has 2 N–H and O–H groups in total. The summed E-state index contributed by atoms with van der Waals surface area (Å²) < 4.78 is 5.39. The average Bonchev–Trinajstić information content (AvgIpc) is 2.67. The van der Waals surface area contributed by atoms with Gasteiger partial charge in [-0.1, -0.05) is 11.6 Å². The van der Waals surface area contributed by atoms with Gasteiger partial charge in [-0.25, -0.2) is 14.8 Å². The molecular weight excluding hydrogens is 270 g/mol. The highest BCUT2D eigenvalue weighted by Crippen LogP contribution is 2.17. The number of carboxylic acids is 1. The summed E-state index contributed by atoms with van der Waals surface area (Å²) in [6.07, 6.45) is 0. The number of anilines is 1. The number of oxazole rings is 1. The molecule has 0 aromatic carbocycles. The first kappa shape index (κ1) is 13.4. The molecule has 6 nitrogen and oxygen atoms in total. The first-order valence-electron chi connectivity index (χ1n) is 5.54. The minimum absolute atomic E-state index is 0.0980. The molecule has 0 saturated heterocycles. The number of hydrogen-bond donors (Lipinski definition) is 2. The predicted octanol–water partition coefficient (Wildman–Crippen LogP) is 2.65. The molecule has 0 fully saturated rings. The minimum atomic E-state index is -1.17. The van der Waals surface area contributed by atoms with E-state index in [1.165, 1.54) is 6.07 Å². The van der Waals surface area contributed by atoms with Crippen LogP contribution in [-0.2, 0) is 6.54 Å². The predicted molar refractivity (Wildman–Crippen MR) is 69.5 cm³/mol. The number of aromatic nitrogens is 2. The number of pyridine rings is 1. The van der Waals surface area contributed by atoms with Gasteiger partial charge in [0.15, 0.2) is 5.69 Å². The van der Waals surface area contributed by atoms with Gasteiger partial charge in [-0.15, -0.1) is 0 Å². The monoisotopic (exact) mass is 281 g/mol. The molecular formula is C12H12ClN3O3. The zero-order valence-electron chi connectivity index (χ0n) is 10.4. The van der Waals surface area contributed by atoms with Crippen molar-refractivity contribution >= 4 is 23.4 Å². The van der Waals surface area contributed by atoms with E-state index in [9.17, 15) is 4.79 Å². The fourth-order valence-corrected chi connectivity index (χ4v) is 1.66. The van der Waals surface area contributed by atoms with Crippen LogP contribution in [0.15, 0.2) is 16.5 Å². The highest BCUT2D eigenvalue weighted by Gasteiger charge is 2.12. The Bertz CT molecular complexity index is 605. The van der Waals surface area contributed by atoms with Crippen molar-refractivity contribution in [2.45, 2.75) is 20.4 Å². The smallest absolute Gasteiger partial charge is 0.356 e. The Morgan fingerprint density at radius 1 is 1.42 bits per heavy atom. The van der Waals surface area contributed by atoms with Crippen LogP contribution in [0.1, 0.15) is 27.8 Å². The van der Waals surface area contributed by atoms with Crippen LogP contribution in [0.25, 0.3) is 0 Å². The summed E-state index contributed by atoms with van der Waals surface area (Å²) in [7, 11) is 0. The van der Waals surface area contributed by atoms with Gasteiger partial charge in [0.2, 0.25) is 5.89 Å². The minimum Gasteiger partial charge on any atom is -0.476 e. The van der Waals surface area contributed by atoms with Gasteiger partial charge >= 0.3 is 5.97 Å². The van der Waals surface area contributed by atoms with Crippen LogP contribution in [0.5, 0.6) is 0 Å². The molecule has 0 aliphatic heterocycles. The molecule has 0 aliphatic rings. The number of nitrogens with one attached hydrogen (secondary N) is 1. The van der Waals surface area contributed by atoms with Crippen LogP contribution in [-0.4, -0.2) is 21.0 Å². The summed E-state index contributed by atoms with van der Waals surface area (Å²) in [6, 6.07) is 3.07. The highest BCUT2D eigenvalue weighted by atomic mass is 35.5. The number of nitrogens with zero attached hydrogens (tertiary/aromatic N) is 2. The van der Waals surface area contributed by atoms with Crippen molar-refractivity contribution in [3.8, 4) is 0 Å². The Balaban J connectivity index is 2.11. The SMILES string of the molecule is Cc1nc(CNc2ccc(Cl)c(C(=O)O)n2)oc1C. The van der Waals surface area contributed by atoms with Gasteiger partial charge in [0, 0.05) is 0 Å². The molecule has 0 spiro atoms. The third-order valence-electron chi connectivity index (χ3n) is 2.54. The van der Waals surface area contributed by atoms with E-state index in [1.807, 2.05) is 13.8 Å². The number of aryl methyl sites for hydroxylation is 2. The standard InChI is InChI=1S/C12H12ClN3O3/c1-6-7(2)19-10(15-6)5-14-9-4-3-8(13)11(16-9)12(17)18/h3-4H,5H2,1-2H3,(H,14,16)(H,17,18). The van der Waals surface area contributed by atoms with Gasteiger partial charge in [-0.2, -0.15) is 0 Å². The van der Waals surface area contributed by atoms with Gasteiger partial charge in [0.05, 0.1) is 17.3 Å². The quantitative estimate of drug-likeness (QED) is 0.896. The van der Waals surface area contributed by atoms with E-state index >= 15 is 0 Å². The second kappa shape index (κ2) is 5.27. The molecule has 0 unspecified atom stereocenters. The Morgan fingerprint density at radius 2 is 2.16 bits per heavy atom. The Kier molecular flexibility index (Phi) is 3.71. The van der Waals surface area contributed by atoms with Crippen LogP contribution < -0.4 is 5.32 Å². The van der Waals surface area contributed by atoms with Crippen molar-refractivity contribution in [2.75, 3.05) is 5.32 Å². The van der Waals surface area contributed by atoms with E-state index < -0.39 is 5.97 Å². The lowest BCUT2D eigenvalue weighted by molar-refractivity contribution is 0.0691. The normalized spacial score (nSPS) is 10.5. The molecule has 0 amide bonds. The number of rotatable bonds is 4. The van der Waals surface area contributed by atoms with Crippen LogP contribution in [0.2, 0.25) is 5.02 Å². The zero-order chi connectivity index (χ0) is 14.0. The van der Waals surface area contributed by atoms with Gasteiger partial charge in [0.1, 0.15) is 11.6 Å². The number of halogens is 1. The maximum atomic E-state index is 10.9. The van der Waals surface area contributed by atoms with E-state index in [4.69, 9.17) is 21.1 Å². The molecule has 7 heteroatoms. The molecule has 0 radical (unpaired) electrons. The molecule has 2 heterocycles. The Morgan fingerprint density at radius 3 is 2.74 bits per heavy atom. The molecule has 0 aliphatic carbocycles. The first-order chi connectivity index (χ1) is 8.97. The molecule has 0 atom stereocenters. The van der Waals surface area contributed by atoms with Crippen molar-refractivity contribution in [1.82, 2.24) is 9.97 Å². The fraction of sp³-hybridized carbons (Fsp3) is 0.250. The lowest BCUT2D eigenvalue weighted by Gasteiger charge is -2.04. The molecule has 2 aromatic heterocycles. The number of aromatic carboxylic acids is 1. The van der Waals surface area contributed by atoms with Crippen molar-refractivity contribution in [2.24, 2.45) is 0 Å². The summed E-state index contributed by atoms with van der Waals surface area (Å²) in [5.74, 6) is 0.502. The summed E-state index contributed by atoms with van der Waals surface area (Å²) in [5.41, 5.74) is 0.638. The van der Waals surface area contributed by atoms with Crippen LogP contribution >= 0.6 is 11.6 Å². The van der Waals surface area contributed by atoms with Crippen LogP contribution in [0.3, 0.4) is 0 Å². The highest BCUT2D eigenvalue weighted by molar-refractivity contribution is 6.33. The number of carbonyl (C=O) groups is 1. The first-order valence-corrected chi connectivity index (χ1v) is 5.92.